The summed E-state index contributed by atoms with van der Waals surface area (Å²) in [5.41, 5.74) is 5.00. The van der Waals surface area contributed by atoms with Gasteiger partial charge in [0, 0.05) is 16.7 Å². The second-order valence-electron chi connectivity index (χ2n) is 9.09. The molecule has 0 amide bonds. The average Bonchev–Trinajstić information content (AvgIpc) is 3.33. The molecule has 3 rings (SSSR count). The number of carbonyl (C=O) groups is 3. The maximum atomic E-state index is 13.6. The number of H-pyrrole nitrogens is 1. The van der Waals surface area contributed by atoms with Gasteiger partial charge in [-0.25, -0.2) is 9.59 Å². The van der Waals surface area contributed by atoms with Crippen molar-refractivity contribution in [1.82, 2.24) is 10.2 Å². The maximum absolute atomic E-state index is 13.6. The Kier molecular flexibility index (Phi) is 13.8. The molecule has 0 aliphatic carbocycles. The van der Waals surface area contributed by atoms with Gasteiger partial charge in [-0.15, -0.1) is 0 Å². The third-order valence-corrected chi connectivity index (χ3v) is 6.48. The first-order valence-corrected chi connectivity index (χ1v) is 12.9. The topological polar surface area (TPSA) is 150 Å². The fourth-order valence-electron chi connectivity index (χ4n) is 4.30. The number of allylic oxidation sites excluding steroid dienone is 1. The molecular formula is C30H37F3N4O5. The minimum Gasteiger partial charge on any atom is -0.465 e. The molecule has 3 aromatic rings. The van der Waals surface area contributed by atoms with Gasteiger partial charge in [-0.05, 0) is 74.9 Å². The fourth-order valence-corrected chi connectivity index (χ4v) is 4.30. The van der Waals surface area contributed by atoms with Crippen LogP contribution in [-0.4, -0.2) is 42.1 Å². The Morgan fingerprint density at radius 1 is 0.810 bits per heavy atom. The molecule has 0 saturated carbocycles. The van der Waals surface area contributed by atoms with E-state index in [0.717, 1.165) is 16.7 Å². The lowest BCUT2D eigenvalue weighted by Gasteiger charge is -2.11. The van der Waals surface area contributed by atoms with Gasteiger partial charge in [-0.1, -0.05) is 26.0 Å². The third-order valence-electron chi connectivity index (χ3n) is 6.48. The van der Waals surface area contributed by atoms with Gasteiger partial charge in [0.2, 0.25) is 5.95 Å². The van der Waals surface area contributed by atoms with Crippen molar-refractivity contribution >= 4 is 17.7 Å². The Labute approximate surface area is 243 Å². The number of esters is 2. The van der Waals surface area contributed by atoms with Crippen molar-refractivity contribution in [1.29, 1.82) is 0 Å². The van der Waals surface area contributed by atoms with E-state index < -0.39 is 35.3 Å². The van der Waals surface area contributed by atoms with E-state index in [9.17, 15) is 27.6 Å². The van der Waals surface area contributed by atoms with Crippen LogP contribution in [0.2, 0.25) is 0 Å². The number of benzene rings is 2. The van der Waals surface area contributed by atoms with Crippen LogP contribution >= 0.6 is 0 Å². The number of hydrogen-bond donors (Lipinski definition) is 3. The highest BCUT2D eigenvalue weighted by molar-refractivity contribution is 6.11. The Morgan fingerprint density at radius 3 is 1.74 bits per heavy atom. The quantitative estimate of drug-likeness (QED) is 0.102. The lowest BCUT2D eigenvalue weighted by molar-refractivity contribution is 0.0591. The maximum Gasteiger partial charge on any atom is 0.338 e. The van der Waals surface area contributed by atoms with E-state index in [-0.39, 0.29) is 17.5 Å². The highest BCUT2D eigenvalue weighted by Crippen LogP contribution is 2.29. The van der Waals surface area contributed by atoms with Crippen LogP contribution in [0.25, 0.3) is 11.3 Å². The highest BCUT2D eigenvalue weighted by Gasteiger charge is 2.22. The second kappa shape index (κ2) is 16.2. The van der Waals surface area contributed by atoms with Crippen molar-refractivity contribution in [2.75, 3.05) is 14.2 Å². The SMILES string of the molecule is CCC(C(=O)c1cc(C(=O)OC)c(C)cc1C)=C(F)F.CCc1c(-c2cc(C(=O)OC)c(C)cc2C)n[nH]c1F.NN. The summed E-state index contributed by atoms with van der Waals surface area (Å²) < 4.78 is 48.5. The van der Waals surface area contributed by atoms with Gasteiger partial charge in [0.25, 0.3) is 6.08 Å². The normalized spacial score (nSPS) is 10.0. The van der Waals surface area contributed by atoms with E-state index >= 15 is 0 Å². The lowest BCUT2D eigenvalue weighted by atomic mass is 9.93. The molecule has 12 heteroatoms. The second-order valence-corrected chi connectivity index (χ2v) is 9.09. The van der Waals surface area contributed by atoms with Crippen LogP contribution in [0.4, 0.5) is 13.2 Å². The third kappa shape index (κ3) is 8.14. The lowest BCUT2D eigenvalue weighted by Crippen LogP contribution is -2.11. The van der Waals surface area contributed by atoms with Gasteiger partial charge in [0.05, 0.1) is 36.6 Å². The molecule has 2 aromatic carbocycles. The Balaban J connectivity index is 0.000000397. The number of aryl methyl sites for hydroxylation is 4. The molecule has 0 aliphatic heterocycles. The van der Waals surface area contributed by atoms with Crippen LogP contribution in [0, 0.1) is 33.6 Å². The number of nitrogens with one attached hydrogen (secondary N) is 1. The minimum atomic E-state index is -1.99. The molecule has 1 heterocycles. The van der Waals surface area contributed by atoms with E-state index in [0.29, 0.717) is 34.4 Å². The summed E-state index contributed by atoms with van der Waals surface area (Å²) in [6.07, 6.45) is -1.53. The predicted octanol–water partition coefficient (Wildman–Crippen LogP) is 5.83. The molecule has 0 atom stereocenters. The standard InChI is InChI=1S/C15H16F2O3.C15H17FN2O2.H4N2/c1-5-10(14(16)17)13(18)11-7-12(15(19)20-4)9(3)6-8(11)2;1-5-10-13(17-18-14(10)16)11-7-12(15(19)20-4)9(3)6-8(11)2;1-2/h6-7H,5H2,1-4H3;6-7H,5H2,1-4H3,(H,17,18);1-2H2. The molecule has 0 bridgehead atoms. The van der Waals surface area contributed by atoms with Crippen molar-refractivity contribution < 1.29 is 37.0 Å². The molecule has 0 unspecified atom stereocenters. The van der Waals surface area contributed by atoms with Gasteiger partial charge >= 0.3 is 11.9 Å². The Morgan fingerprint density at radius 2 is 1.29 bits per heavy atom. The van der Waals surface area contributed by atoms with Crippen molar-refractivity contribution in [2.24, 2.45) is 11.7 Å². The van der Waals surface area contributed by atoms with Gasteiger partial charge in [-0.2, -0.15) is 18.3 Å². The molecule has 0 saturated heterocycles. The first kappa shape index (κ1) is 35.7. The van der Waals surface area contributed by atoms with Gasteiger partial charge in [0.1, 0.15) is 0 Å². The summed E-state index contributed by atoms with van der Waals surface area (Å²) in [5.74, 6) is 5.81. The number of hydrazine groups is 1. The zero-order chi connectivity index (χ0) is 32.3. The minimum absolute atomic E-state index is 0.0674. The fraction of sp³-hybridized carbons (Fsp3) is 0.333. The van der Waals surface area contributed by atoms with E-state index in [1.807, 2.05) is 26.8 Å². The number of hydrogen-bond acceptors (Lipinski definition) is 8. The highest BCUT2D eigenvalue weighted by atomic mass is 19.3. The molecule has 228 valence electrons. The van der Waals surface area contributed by atoms with Crippen molar-refractivity contribution in [3.05, 3.63) is 86.4 Å². The van der Waals surface area contributed by atoms with E-state index in [2.05, 4.69) is 26.6 Å². The number of methoxy groups -OCH3 is 2. The summed E-state index contributed by atoms with van der Waals surface area (Å²) >= 11 is 0. The number of ether oxygens (including phenoxy) is 2. The van der Waals surface area contributed by atoms with Crippen molar-refractivity contribution in [2.45, 2.75) is 54.4 Å². The van der Waals surface area contributed by atoms with Crippen LogP contribution in [0.3, 0.4) is 0 Å². The molecule has 9 nitrogen and oxygen atoms in total. The summed E-state index contributed by atoms with van der Waals surface area (Å²) in [6.45, 7) is 10.4. The summed E-state index contributed by atoms with van der Waals surface area (Å²) in [4.78, 5) is 35.5. The summed E-state index contributed by atoms with van der Waals surface area (Å²) in [6, 6.07) is 6.53. The van der Waals surface area contributed by atoms with Gasteiger partial charge in [-0.3, -0.25) is 21.6 Å². The largest absolute Gasteiger partial charge is 0.465 e. The van der Waals surface area contributed by atoms with Crippen LogP contribution in [0.1, 0.15) is 79.2 Å². The Hall–Kier alpha value is -4.29. The number of aromatic nitrogens is 2. The van der Waals surface area contributed by atoms with Crippen molar-refractivity contribution in [3.8, 4) is 11.3 Å². The molecule has 0 fully saturated rings. The summed E-state index contributed by atoms with van der Waals surface area (Å²) in [5, 5.41) is 6.38. The number of aromatic amines is 1. The first-order chi connectivity index (χ1) is 19.8. The van der Waals surface area contributed by atoms with Gasteiger partial charge < -0.3 is 9.47 Å². The van der Waals surface area contributed by atoms with E-state index in [1.54, 1.807) is 26.0 Å². The molecule has 0 spiro atoms. The van der Waals surface area contributed by atoms with Crippen LogP contribution in [0.15, 0.2) is 35.9 Å². The Bertz CT molecular complexity index is 1480. The van der Waals surface area contributed by atoms with Gasteiger partial charge in [0.15, 0.2) is 5.78 Å². The monoisotopic (exact) mass is 590 g/mol. The summed E-state index contributed by atoms with van der Waals surface area (Å²) in [7, 11) is 2.56. The zero-order valence-corrected chi connectivity index (χ0v) is 25.0. The number of nitrogens with zero attached hydrogens (tertiary/aromatic N) is 1. The molecule has 0 radical (unpaired) electrons. The number of rotatable bonds is 7. The molecule has 1 aromatic heterocycles. The molecular weight excluding hydrogens is 553 g/mol. The molecule has 42 heavy (non-hydrogen) atoms. The average molecular weight is 591 g/mol. The molecule has 5 N–H and O–H groups in total. The van der Waals surface area contributed by atoms with Crippen LogP contribution in [0.5, 0.6) is 0 Å². The zero-order valence-electron chi connectivity index (χ0n) is 25.0. The molecule has 0 aliphatic rings. The predicted molar refractivity (Wildman–Crippen MR) is 154 cm³/mol. The van der Waals surface area contributed by atoms with Crippen LogP contribution < -0.4 is 11.7 Å². The first-order valence-electron chi connectivity index (χ1n) is 12.9. The smallest absolute Gasteiger partial charge is 0.338 e. The van der Waals surface area contributed by atoms with Crippen LogP contribution in [-0.2, 0) is 15.9 Å². The van der Waals surface area contributed by atoms with E-state index in [4.69, 9.17) is 4.74 Å². The number of Topliss-reactive ketones (excluding diaryl/α,β-unsaturated/α-hetero) is 1. The number of ketones is 1. The van der Waals surface area contributed by atoms with E-state index in [1.165, 1.54) is 27.2 Å². The number of nitrogens with two attached hydrogens (primary N) is 2. The number of halogens is 3. The van der Waals surface area contributed by atoms with Crippen molar-refractivity contribution in [3.63, 3.8) is 0 Å². The number of carbonyl (C=O) groups excluding carboxylic acids is 3.